The van der Waals surface area contributed by atoms with Crippen LogP contribution >= 0.6 is 31.9 Å². The highest BCUT2D eigenvalue weighted by atomic mass is 79.9. The molecule has 0 unspecified atom stereocenters. The molecule has 0 aliphatic rings. The van der Waals surface area contributed by atoms with E-state index in [-0.39, 0.29) is 9.80 Å². The van der Waals surface area contributed by atoms with Gasteiger partial charge < -0.3 is 4.74 Å². The summed E-state index contributed by atoms with van der Waals surface area (Å²) in [4.78, 5) is -0.313. The molecule has 0 saturated heterocycles. The van der Waals surface area contributed by atoms with Crippen LogP contribution in [0.3, 0.4) is 0 Å². The molecule has 0 N–H and O–H groups in total. The zero-order valence-corrected chi connectivity index (χ0v) is 15.9. The molecule has 0 heterocycles. The van der Waals surface area contributed by atoms with Gasteiger partial charge in [0.1, 0.15) is 16.7 Å². The highest BCUT2D eigenvalue weighted by molar-refractivity contribution is 9.11. The topological polar surface area (TPSA) is 67.2 Å². The van der Waals surface area contributed by atoms with Gasteiger partial charge >= 0.3 is 0 Å². The smallest absolute Gasteiger partial charge is 0.217 e. The number of allylic oxidation sites excluding steroid dienone is 1. The van der Waals surface area contributed by atoms with Gasteiger partial charge in [-0.2, -0.15) is 5.26 Å². The minimum absolute atomic E-state index is 0.0302. The highest BCUT2D eigenvalue weighted by Gasteiger charge is 2.23. The van der Waals surface area contributed by atoms with Gasteiger partial charge in [-0.15, -0.1) is 0 Å². The highest BCUT2D eigenvalue weighted by Crippen LogP contribution is 2.30. The average molecular weight is 457 g/mol. The molecule has 23 heavy (non-hydrogen) atoms. The summed E-state index contributed by atoms with van der Waals surface area (Å²) in [5.74, 6) is 0.581. The van der Waals surface area contributed by atoms with Crippen LogP contribution in [0, 0.1) is 11.3 Å². The molecule has 2 aromatic carbocycles. The molecule has 0 fully saturated rings. The Balaban J connectivity index is 2.57. The van der Waals surface area contributed by atoms with E-state index in [0.717, 1.165) is 0 Å². The van der Waals surface area contributed by atoms with Gasteiger partial charge in [-0.3, -0.25) is 0 Å². The zero-order chi connectivity index (χ0) is 17.0. The Labute approximate surface area is 151 Å². The Morgan fingerprint density at radius 1 is 1.22 bits per heavy atom. The van der Waals surface area contributed by atoms with E-state index in [1.807, 2.05) is 0 Å². The second-order valence-electron chi connectivity index (χ2n) is 4.48. The Hall–Kier alpha value is -1.62. The van der Waals surface area contributed by atoms with Gasteiger partial charge in [0.2, 0.25) is 9.84 Å². The van der Waals surface area contributed by atoms with Gasteiger partial charge in [0.05, 0.1) is 12.0 Å². The van der Waals surface area contributed by atoms with Crippen molar-refractivity contribution in [3.63, 3.8) is 0 Å². The fraction of sp³-hybridized carbons (Fsp3) is 0.0625. The van der Waals surface area contributed by atoms with E-state index in [2.05, 4.69) is 31.9 Å². The van der Waals surface area contributed by atoms with Crippen LogP contribution < -0.4 is 4.74 Å². The lowest BCUT2D eigenvalue weighted by atomic mass is 10.2. The molecule has 0 atom stereocenters. The van der Waals surface area contributed by atoms with Crippen LogP contribution in [0.1, 0.15) is 5.56 Å². The van der Waals surface area contributed by atoms with Crippen molar-refractivity contribution in [1.29, 1.82) is 5.26 Å². The number of rotatable bonds is 4. The van der Waals surface area contributed by atoms with E-state index in [9.17, 15) is 13.7 Å². The van der Waals surface area contributed by atoms with Crippen LogP contribution in [-0.2, 0) is 9.84 Å². The van der Waals surface area contributed by atoms with Crippen molar-refractivity contribution >= 4 is 47.8 Å². The third kappa shape index (κ3) is 4.02. The molecular weight excluding hydrogens is 446 g/mol. The number of sulfone groups is 1. The monoisotopic (exact) mass is 455 g/mol. The molecule has 0 spiro atoms. The molecule has 0 bridgehead atoms. The maximum absolute atomic E-state index is 12.7. The van der Waals surface area contributed by atoms with Crippen LogP contribution in [0.25, 0.3) is 6.08 Å². The fourth-order valence-electron chi connectivity index (χ4n) is 1.85. The minimum Gasteiger partial charge on any atom is -0.497 e. The van der Waals surface area contributed by atoms with Crippen molar-refractivity contribution in [1.82, 2.24) is 0 Å². The van der Waals surface area contributed by atoms with E-state index in [4.69, 9.17) is 4.74 Å². The first-order valence-electron chi connectivity index (χ1n) is 6.34. The molecule has 0 amide bonds. The van der Waals surface area contributed by atoms with Gasteiger partial charge in [-0.25, -0.2) is 8.42 Å². The predicted molar refractivity (Wildman–Crippen MR) is 95.6 cm³/mol. The van der Waals surface area contributed by atoms with E-state index < -0.39 is 9.84 Å². The average Bonchev–Trinajstić information content (AvgIpc) is 2.54. The van der Waals surface area contributed by atoms with Crippen molar-refractivity contribution in [3.8, 4) is 11.8 Å². The van der Waals surface area contributed by atoms with Crippen molar-refractivity contribution in [2.45, 2.75) is 4.90 Å². The molecule has 118 valence electrons. The first kappa shape index (κ1) is 17.7. The van der Waals surface area contributed by atoms with E-state index in [1.54, 1.807) is 42.5 Å². The summed E-state index contributed by atoms with van der Waals surface area (Å²) >= 11 is 6.46. The van der Waals surface area contributed by atoms with Crippen molar-refractivity contribution in [3.05, 3.63) is 61.9 Å². The van der Waals surface area contributed by atoms with Crippen LogP contribution in [0.5, 0.6) is 5.75 Å². The summed E-state index contributed by atoms with van der Waals surface area (Å²) in [5, 5.41) is 9.32. The van der Waals surface area contributed by atoms with Crippen molar-refractivity contribution in [2.75, 3.05) is 7.11 Å². The normalized spacial score (nSPS) is 11.8. The number of methoxy groups -OCH3 is 1. The lowest BCUT2D eigenvalue weighted by Gasteiger charge is -2.07. The number of halogens is 2. The summed E-state index contributed by atoms with van der Waals surface area (Å²) in [7, 11) is -2.42. The Kier molecular flexibility index (Phi) is 5.63. The number of nitriles is 1. The minimum atomic E-state index is -3.94. The molecule has 0 aliphatic heterocycles. The maximum Gasteiger partial charge on any atom is 0.217 e. The number of hydrogen-bond acceptors (Lipinski definition) is 4. The molecular formula is C16H11Br2NO3S. The maximum atomic E-state index is 12.7. The first-order valence-corrected chi connectivity index (χ1v) is 9.41. The summed E-state index contributed by atoms with van der Waals surface area (Å²) in [6, 6.07) is 13.4. The third-order valence-electron chi connectivity index (χ3n) is 2.97. The van der Waals surface area contributed by atoms with Crippen LogP contribution in [-0.4, -0.2) is 15.5 Å². The van der Waals surface area contributed by atoms with E-state index in [0.29, 0.717) is 20.3 Å². The lowest BCUT2D eigenvalue weighted by Crippen LogP contribution is -2.04. The van der Waals surface area contributed by atoms with Gasteiger partial charge in [0.25, 0.3) is 0 Å². The molecule has 0 radical (unpaired) electrons. The number of hydrogen-bond donors (Lipinski definition) is 0. The summed E-state index contributed by atoms with van der Waals surface area (Å²) in [5.41, 5.74) is 0.565. The third-order valence-corrected chi connectivity index (χ3v) is 6.13. The quantitative estimate of drug-likeness (QED) is 0.632. The van der Waals surface area contributed by atoms with Crippen molar-refractivity contribution in [2.24, 2.45) is 0 Å². The zero-order valence-electron chi connectivity index (χ0n) is 12.0. The standard InChI is InChI=1S/C16H11Br2NO3S/c1-22-13-4-2-3-11(7-13)8-14(10-19)23(20,21)16-9-12(17)5-6-15(16)18/h2-9H,1H3. The second kappa shape index (κ2) is 7.30. The largest absolute Gasteiger partial charge is 0.497 e. The van der Waals surface area contributed by atoms with E-state index in [1.165, 1.54) is 19.3 Å². The van der Waals surface area contributed by atoms with Gasteiger partial charge in [-0.1, -0.05) is 28.1 Å². The predicted octanol–water partition coefficient (Wildman–Crippen LogP) is 4.56. The molecule has 0 aliphatic carbocycles. The van der Waals surface area contributed by atoms with E-state index >= 15 is 0 Å². The SMILES string of the molecule is COc1cccc(C=C(C#N)S(=O)(=O)c2cc(Br)ccc2Br)c1. The van der Waals surface area contributed by atoms with Gasteiger partial charge in [0.15, 0.2) is 0 Å². The Morgan fingerprint density at radius 2 is 1.96 bits per heavy atom. The molecule has 0 saturated carbocycles. The van der Waals surface area contributed by atoms with Gasteiger partial charge in [0, 0.05) is 8.95 Å². The second-order valence-corrected chi connectivity index (χ2v) is 8.13. The molecule has 2 aromatic rings. The fourth-order valence-corrected chi connectivity index (χ4v) is 4.51. The Bertz CT molecular complexity index is 915. The first-order chi connectivity index (χ1) is 10.9. The number of nitrogens with zero attached hydrogens (tertiary/aromatic N) is 1. The molecule has 4 nitrogen and oxygen atoms in total. The molecule has 7 heteroatoms. The number of benzene rings is 2. The lowest BCUT2D eigenvalue weighted by molar-refractivity contribution is 0.414. The van der Waals surface area contributed by atoms with Gasteiger partial charge in [-0.05, 0) is 57.9 Å². The molecule has 0 aromatic heterocycles. The van der Waals surface area contributed by atoms with Crippen molar-refractivity contribution < 1.29 is 13.2 Å². The Morgan fingerprint density at radius 3 is 2.61 bits per heavy atom. The molecule has 2 rings (SSSR count). The summed E-state index contributed by atoms with van der Waals surface area (Å²) < 4.78 is 31.5. The summed E-state index contributed by atoms with van der Waals surface area (Å²) in [6.07, 6.45) is 1.32. The van der Waals surface area contributed by atoms with Crippen LogP contribution in [0.15, 0.2) is 61.2 Å². The van der Waals surface area contributed by atoms with Crippen LogP contribution in [0.4, 0.5) is 0 Å². The number of ether oxygens (including phenoxy) is 1. The summed E-state index contributed by atoms with van der Waals surface area (Å²) in [6.45, 7) is 0. The van der Waals surface area contributed by atoms with Crippen LogP contribution in [0.2, 0.25) is 0 Å².